The standard InChI is InChI=1S/C9H14N4O/c10-7-6-8(12-9(14)11-7)13-4-2-1-3-5-13/h6H,1-5H2,(H3,10,11,12,14). The molecule has 0 aliphatic carbocycles. The Labute approximate surface area is 82.0 Å². The summed E-state index contributed by atoms with van der Waals surface area (Å²) in [6.45, 7) is 1.94. The molecule has 1 aliphatic rings. The number of aromatic amines is 1. The van der Waals surface area contributed by atoms with E-state index in [9.17, 15) is 4.79 Å². The molecular weight excluding hydrogens is 180 g/mol. The van der Waals surface area contributed by atoms with Crippen LogP contribution in [0, 0.1) is 0 Å². The fraction of sp³-hybridized carbons (Fsp3) is 0.556. The maximum atomic E-state index is 11.1. The van der Waals surface area contributed by atoms with Crippen LogP contribution in [0.4, 0.5) is 11.6 Å². The van der Waals surface area contributed by atoms with Crippen molar-refractivity contribution in [2.24, 2.45) is 0 Å². The molecule has 0 bridgehead atoms. The molecule has 14 heavy (non-hydrogen) atoms. The van der Waals surface area contributed by atoms with Crippen molar-refractivity contribution in [1.82, 2.24) is 9.97 Å². The molecule has 2 heterocycles. The molecular formula is C9H14N4O. The van der Waals surface area contributed by atoms with E-state index in [2.05, 4.69) is 14.9 Å². The number of hydrogen-bond acceptors (Lipinski definition) is 4. The summed E-state index contributed by atoms with van der Waals surface area (Å²) < 4.78 is 0. The van der Waals surface area contributed by atoms with Crippen LogP contribution in [-0.4, -0.2) is 23.1 Å². The van der Waals surface area contributed by atoms with Gasteiger partial charge in [0.25, 0.3) is 0 Å². The Morgan fingerprint density at radius 2 is 2.07 bits per heavy atom. The van der Waals surface area contributed by atoms with Crippen molar-refractivity contribution in [3.05, 3.63) is 16.6 Å². The van der Waals surface area contributed by atoms with Gasteiger partial charge in [0.05, 0.1) is 0 Å². The van der Waals surface area contributed by atoms with Crippen molar-refractivity contribution in [1.29, 1.82) is 0 Å². The lowest BCUT2D eigenvalue weighted by Crippen LogP contribution is -2.32. The van der Waals surface area contributed by atoms with E-state index in [4.69, 9.17) is 5.73 Å². The second kappa shape index (κ2) is 3.69. The third kappa shape index (κ3) is 1.86. The van der Waals surface area contributed by atoms with E-state index in [0.717, 1.165) is 25.9 Å². The molecule has 0 amide bonds. The summed E-state index contributed by atoms with van der Waals surface area (Å²) in [4.78, 5) is 19.5. The van der Waals surface area contributed by atoms with E-state index in [-0.39, 0.29) is 5.69 Å². The zero-order valence-electron chi connectivity index (χ0n) is 7.99. The van der Waals surface area contributed by atoms with E-state index in [1.165, 1.54) is 6.42 Å². The molecule has 5 nitrogen and oxygen atoms in total. The van der Waals surface area contributed by atoms with Crippen molar-refractivity contribution in [3.63, 3.8) is 0 Å². The van der Waals surface area contributed by atoms with Crippen LogP contribution in [0.5, 0.6) is 0 Å². The number of aromatic nitrogens is 2. The Bertz CT molecular complexity index is 367. The molecule has 1 aromatic rings. The van der Waals surface area contributed by atoms with Gasteiger partial charge in [-0.25, -0.2) is 4.79 Å². The molecule has 2 rings (SSSR count). The number of nitrogens with one attached hydrogen (secondary N) is 1. The molecule has 0 unspecified atom stereocenters. The van der Waals surface area contributed by atoms with Gasteiger partial charge in [0.1, 0.15) is 11.6 Å². The van der Waals surface area contributed by atoms with Crippen LogP contribution in [0.1, 0.15) is 19.3 Å². The van der Waals surface area contributed by atoms with E-state index >= 15 is 0 Å². The lowest BCUT2D eigenvalue weighted by atomic mass is 10.1. The van der Waals surface area contributed by atoms with Crippen LogP contribution >= 0.6 is 0 Å². The molecule has 5 heteroatoms. The minimum atomic E-state index is -0.370. The predicted octanol–water partition coefficient (Wildman–Crippen LogP) is 0.342. The van der Waals surface area contributed by atoms with Gasteiger partial charge in [-0.2, -0.15) is 4.98 Å². The molecule has 1 aromatic heterocycles. The maximum Gasteiger partial charge on any atom is 0.348 e. The topological polar surface area (TPSA) is 75.0 Å². The van der Waals surface area contributed by atoms with Crippen molar-refractivity contribution in [3.8, 4) is 0 Å². The van der Waals surface area contributed by atoms with Crippen LogP contribution in [0.15, 0.2) is 10.9 Å². The van der Waals surface area contributed by atoms with Crippen LogP contribution in [-0.2, 0) is 0 Å². The molecule has 1 saturated heterocycles. The first-order chi connectivity index (χ1) is 6.75. The van der Waals surface area contributed by atoms with Crippen LogP contribution in [0.3, 0.4) is 0 Å². The zero-order valence-corrected chi connectivity index (χ0v) is 7.99. The average molecular weight is 194 g/mol. The predicted molar refractivity (Wildman–Crippen MR) is 55.3 cm³/mol. The van der Waals surface area contributed by atoms with Gasteiger partial charge in [0, 0.05) is 19.2 Å². The Kier molecular flexibility index (Phi) is 2.39. The second-order valence-electron chi connectivity index (χ2n) is 3.55. The van der Waals surface area contributed by atoms with Gasteiger partial charge in [-0.3, -0.25) is 4.98 Å². The first-order valence-electron chi connectivity index (χ1n) is 4.87. The van der Waals surface area contributed by atoms with E-state index < -0.39 is 0 Å². The highest BCUT2D eigenvalue weighted by Crippen LogP contribution is 2.16. The number of hydrogen-bond donors (Lipinski definition) is 2. The highest BCUT2D eigenvalue weighted by Gasteiger charge is 2.12. The van der Waals surface area contributed by atoms with Crippen LogP contribution in [0.2, 0.25) is 0 Å². The maximum absolute atomic E-state index is 11.1. The fourth-order valence-corrected chi connectivity index (χ4v) is 1.75. The lowest BCUT2D eigenvalue weighted by molar-refractivity contribution is 0.572. The zero-order chi connectivity index (χ0) is 9.97. The third-order valence-electron chi connectivity index (χ3n) is 2.43. The minimum absolute atomic E-state index is 0.370. The molecule has 1 aliphatic heterocycles. The van der Waals surface area contributed by atoms with Gasteiger partial charge >= 0.3 is 5.69 Å². The highest BCUT2D eigenvalue weighted by molar-refractivity contribution is 5.45. The number of nitrogens with two attached hydrogens (primary N) is 1. The number of nitrogens with zero attached hydrogens (tertiary/aromatic N) is 2. The van der Waals surface area contributed by atoms with Crippen molar-refractivity contribution in [2.45, 2.75) is 19.3 Å². The first kappa shape index (κ1) is 9.05. The largest absolute Gasteiger partial charge is 0.385 e. The Morgan fingerprint density at radius 3 is 2.71 bits per heavy atom. The fourth-order valence-electron chi connectivity index (χ4n) is 1.75. The average Bonchev–Trinajstić information content (AvgIpc) is 2.18. The van der Waals surface area contributed by atoms with Gasteiger partial charge in [0.2, 0.25) is 0 Å². The number of anilines is 2. The van der Waals surface area contributed by atoms with E-state index in [1.54, 1.807) is 6.07 Å². The Morgan fingerprint density at radius 1 is 1.36 bits per heavy atom. The van der Waals surface area contributed by atoms with Gasteiger partial charge in [-0.05, 0) is 19.3 Å². The van der Waals surface area contributed by atoms with E-state index in [0.29, 0.717) is 11.6 Å². The highest BCUT2D eigenvalue weighted by atomic mass is 16.1. The number of nitrogen functional groups attached to an aromatic ring is 1. The summed E-state index contributed by atoms with van der Waals surface area (Å²) >= 11 is 0. The summed E-state index contributed by atoms with van der Waals surface area (Å²) in [7, 11) is 0. The molecule has 1 fully saturated rings. The Hall–Kier alpha value is -1.52. The van der Waals surface area contributed by atoms with Gasteiger partial charge in [0.15, 0.2) is 0 Å². The summed E-state index contributed by atoms with van der Waals surface area (Å²) in [5.41, 5.74) is 5.17. The summed E-state index contributed by atoms with van der Waals surface area (Å²) in [6, 6.07) is 1.72. The minimum Gasteiger partial charge on any atom is -0.385 e. The first-order valence-corrected chi connectivity index (χ1v) is 4.87. The molecule has 0 spiro atoms. The smallest absolute Gasteiger partial charge is 0.348 e. The molecule has 76 valence electrons. The van der Waals surface area contributed by atoms with Crippen molar-refractivity contribution in [2.75, 3.05) is 23.7 Å². The summed E-state index contributed by atoms with van der Waals surface area (Å²) in [5, 5.41) is 0. The van der Waals surface area contributed by atoms with Crippen LogP contribution in [0.25, 0.3) is 0 Å². The van der Waals surface area contributed by atoms with Gasteiger partial charge in [-0.1, -0.05) is 0 Å². The van der Waals surface area contributed by atoms with Crippen molar-refractivity contribution < 1.29 is 0 Å². The Balaban J connectivity index is 2.26. The third-order valence-corrected chi connectivity index (χ3v) is 2.43. The normalized spacial score (nSPS) is 17.0. The van der Waals surface area contributed by atoms with Gasteiger partial charge in [-0.15, -0.1) is 0 Å². The second-order valence-corrected chi connectivity index (χ2v) is 3.55. The molecule has 0 atom stereocenters. The van der Waals surface area contributed by atoms with E-state index in [1.807, 2.05) is 0 Å². The molecule has 3 N–H and O–H groups in total. The van der Waals surface area contributed by atoms with Crippen molar-refractivity contribution >= 4 is 11.6 Å². The number of rotatable bonds is 1. The number of H-pyrrole nitrogens is 1. The van der Waals surface area contributed by atoms with Crippen LogP contribution < -0.4 is 16.3 Å². The lowest BCUT2D eigenvalue weighted by Gasteiger charge is -2.27. The summed E-state index contributed by atoms with van der Waals surface area (Å²) in [5.74, 6) is 1.08. The molecule has 0 radical (unpaired) electrons. The summed E-state index contributed by atoms with van der Waals surface area (Å²) in [6.07, 6.45) is 3.58. The molecule has 0 aromatic carbocycles. The monoisotopic (exact) mass is 194 g/mol. The number of piperidine rings is 1. The SMILES string of the molecule is Nc1cc(N2CCCCC2)nc(=O)[nH]1. The van der Waals surface area contributed by atoms with Gasteiger partial charge < -0.3 is 10.6 Å². The molecule has 0 saturated carbocycles. The quantitative estimate of drug-likeness (QED) is 0.676.